The minimum Gasteiger partial charge on any atom is -0.507 e. The van der Waals surface area contributed by atoms with Crippen LogP contribution in [0.5, 0.6) is 5.75 Å². The van der Waals surface area contributed by atoms with Gasteiger partial charge in [-0.3, -0.25) is 0 Å². The SMILES string of the molecule is Cc1ccc(-c2ccc(Br)c(O)c2)cc1. The fourth-order valence-electron chi connectivity index (χ4n) is 1.44. The third kappa shape index (κ3) is 2.21. The first-order valence-corrected chi connectivity index (χ1v) is 5.51. The van der Waals surface area contributed by atoms with Crippen molar-refractivity contribution < 1.29 is 5.11 Å². The molecule has 0 aliphatic heterocycles. The summed E-state index contributed by atoms with van der Waals surface area (Å²) in [5, 5.41) is 9.57. The molecular formula is C13H11BrO. The molecule has 0 atom stereocenters. The van der Waals surface area contributed by atoms with E-state index in [2.05, 4.69) is 47.1 Å². The first kappa shape index (κ1) is 10.2. The van der Waals surface area contributed by atoms with Crippen molar-refractivity contribution in [2.45, 2.75) is 6.92 Å². The van der Waals surface area contributed by atoms with E-state index in [-0.39, 0.29) is 5.75 Å². The fourth-order valence-corrected chi connectivity index (χ4v) is 1.68. The molecule has 0 fully saturated rings. The van der Waals surface area contributed by atoms with Crippen LogP contribution in [0.1, 0.15) is 5.56 Å². The molecule has 76 valence electrons. The second kappa shape index (κ2) is 4.07. The molecule has 0 spiro atoms. The maximum absolute atomic E-state index is 9.57. The molecule has 1 N–H and O–H groups in total. The lowest BCUT2D eigenvalue weighted by Gasteiger charge is -2.04. The molecular weight excluding hydrogens is 252 g/mol. The molecule has 0 radical (unpaired) electrons. The summed E-state index contributed by atoms with van der Waals surface area (Å²) in [4.78, 5) is 0. The van der Waals surface area contributed by atoms with E-state index < -0.39 is 0 Å². The van der Waals surface area contributed by atoms with Gasteiger partial charge in [-0.1, -0.05) is 35.9 Å². The van der Waals surface area contributed by atoms with Crippen LogP contribution in [0.3, 0.4) is 0 Å². The lowest BCUT2D eigenvalue weighted by Crippen LogP contribution is -1.79. The lowest BCUT2D eigenvalue weighted by molar-refractivity contribution is 0.472. The number of phenols is 1. The summed E-state index contributed by atoms with van der Waals surface area (Å²) in [5.41, 5.74) is 3.37. The van der Waals surface area contributed by atoms with Crippen molar-refractivity contribution in [1.29, 1.82) is 0 Å². The second-order valence-electron chi connectivity index (χ2n) is 3.53. The quantitative estimate of drug-likeness (QED) is 0.820. The molecule has 2 heteroatoms. The molecule has 0 bridgehead atoms. The zero-order chi connectivity index (χ0) is 10.8. The number of halogens is 1. The Bertz CT molecular complexity index is 474. The molecule has 0 aromatic heterocycles. The number of aromatic hydroxyl groups is 1. The molecule has 2 rings (SSSR count). The minimum atomic E-state index is 0.271. The van der Waals surface area contributed by atoms with Crippen LogP contribution in [-0.2, 0) is 0 Å². The van der Waals surface area contributed by atoms with E-state index in [0.717, 1.165) is 15.6 Å². The largest absolute Gasteiger partial charge is 0.507 e. The van der Waals surface area contributed by atoms with Gasteiger partial charge in [-0.15, -0.1) is 0 Å². The number of phenolic OH excluding ortho intramolecular Hbond substituents is 1. The minimum absolute atomic E-state index is 0.271. The van der Waals surface area contributed by atoms with E-state index >= 15 is 0 Å². The average Bonchev–Trinajstić information content (AvgIpc) is 2.23. The van der Waals surface area contributed by atoms with Crippen LogP contribution in [-0.4, -0.2) is 5.11 Å². The molecule has 0 saturated heterocycles. The van der Waals surface area contributed by atoms with Crippen molar-refractivity contribution in [3.63, 3.8) is 0 Å². The van der Waals surface area contributed by atoms with Crippen LogP contribution in [0.4, 0.5) is 0 Å². The standard InChI is InChI=1S/C13H11BrO/c1-9-2-4-10(5-3-9)11-6-7-12(14)13(15)8-11/h2-8,15H,1H3. The number of hydrogen-bond donors (Lipinski definition) is 1. The summed E-state index contributed by atoms with van der Waals surface area (Å²) in [6, 6.07) is 13.8. The van der Waals surface area contributed by atoms with Gasteiger partial charge < -0.3 is 5.11 Å². The Morgan fingerprint density at radius 3 is 2.13 bits per heavy atom. The molecule has 0 saturated carbocycles. The van der Waals surface area contributed by atoms with E-state index in [9.17, 15) is 5.11 Å². The van der Waals surface area contributed by atoms with E-state index in [1.807, 2.05) is 12.1 Å². The van der Waals surface area contributed by atoms with Crippen LogP contribution in [0.15, 0.2) is 46.9 Å². The molecule has 0 amide bonds. The van der Waals surface area contributed by atoms with Gasteiger partial charge in [-0.2, -0.15) is 0 Å². The third-order valence-electron chi connectivity index (χ3n) is 2.33. The van der Waals surface area contributed by atoms with Crippen LogP contribution < -0.4 is 0 Å². The number of aryl methyl sites for hydroxylation is 1. The van der Waals surface area contributed by atoms with Crippen LogP contribution >= 0.6 is 15.9 Å². The van der Waals surface area contributed by atoms with Gasteiger partial charge in [0, 0.05) is 0 Å². The fraction of sp³-hybridized carbons (Fsp3) is 0.0769. The maximum atomic E-state index is 9.57. The second-order valence-corrected chi connectivity index (χ2v) is 4.39. The lowest BCUT2D eigenvalue weighted by atomic mass is 10.0. The van der Waals surface area contributed by atoms with Crippen molar-refractivity contribution >= 4 is 15.9 Å². The Morgan fingerprint density at radius 2 is 1.53 bits per heavy atom. The first-order chi connectivity index (χ1) is 7.16. The van der Waals surface area contributed by atoms with Crippen molar-refractivity contribution in [2.75, 3.05) is 0 Å². The third-order valence-corrected chi connectivity index (χ3v) is 3.00. The highest BCUT2D eigenvalue weighted by Crippen LogP contribution is 2.29. The van der Waals surface area contributed by atoms with Gasteiger partial charge in [-0.05, 0) is 46.1 Å². The molecule has 2 aromatic carbocycles. The molecule has 0 heterocycles. The summed E-state index contributed by atoms with van der Waals surface area (Å²) in [7, 11) is 0. The normalized spacial score (nSPS) is 10.3. The highest BCUT2D eigenvalue weighted by atomic mass is 79.9. The smallest absolute Gasteiger partial charge is 0.130 e. The van der Waals surface area contributed by atoms with Crippen molar-refractivity contribution in [1.82, 2.24) is 0 Å². The Morgan fingerprint density at radius 1 is 0.933 bits per heavy atom. The van der Waals surface area contributed by atoms with Gasteiger partial charge in [0.15, 0.2) is 0 Å². The van der Waals surface area contributed by atoms with Crippen LogP contribution in [0.2, 0.25) is 0 Å². The Balaban J connectivity index is 2.45. The molecule has 15 heavy (non-hydrogen) atoms. The van der Waals surface area contributed by atoms with Gasteiger partial charge in [0.1, 0.15) is 5.75 Å². The van der Waals surface area contributed by atoms with Gasteiger partial charge in [0.25, 0.3) is 0 Å². The van der Waals surface area contributed by atoms with Crippen molar-refractivity contribution in [3.05, 3.63) is 52.5 Å². The molecule has 0 unspecified atom stereocenters. The van der Waals surface area contributed by atoms with Crippen LogP contribution in [0, 0.1) is 6.92 Å². The summed E-state index contributed by atoms with van der Waals surface area (Å²) in [5.74, 6) is 0.271. The number of rotatable bonds is 1. The van der Waals surface area contributed by atoms with Gasteiger partial charge in [0.05, 0.1) is 4.47 Å². The predicted molar refractivity (Wildman–Crippen MR) is 66.0 cm³/mol. The molecule has 0 aliphatic carbocycles. The molecule has 0 aliphatic rings. The van der Waals surface area contributed by atoms with Gasteiger partial charge >= 0.3 is 0 Å². The number of benzene rings is 2. The zero-order valence-corrected chi connectivity index (χ0v) is 9.95. The van der Waals surface area contributed by atoms with Crippen LogP contribution in [0.25, 0.3) is 11.1 Å². The van der Waals surface area contributed by atoms with E-state index in [0.29, 0.717) is 0 Å². The summed E-state index contributed by atoms with van der Waals surface area (Å²) < 4.78 is 0.721. The average molecular weight is 263 g/mol. The first-order valence-electron chi connectivity index (χ1n) is 4.72. The van der Waals surface area contributed by atoms with Gasteiger partial charge in [-0.25, -0.2) is 0 Å². The topological polar surface area (TPSA) is 20.2 Å². The summed E-state index contributed by atoms with van der Waals surface area (Å²) in [6.45, 7) is 2.06. The van der Waals surface area contributed by atoms with E-state index in [1.54, 1.807) is 6.07 Å². The highest BCUT2D eigenvalue weighted by Gasteiger charge is 2.01. The summed E-state index contributed by atoms with van der Waals surface area (Å²) in [6.07, 6.45) is 0. The van der Waals surface area contributed by atoms with E-state index in [1.165, 1.54) is 5.56 Å². The van der Waals surface area contributed by atoms with Gasteiger partial charge in [0.2, 0.25) is 0 Å². The molecule has 2 aromatic rings. The monoisotopic (exact) mass is 262 g/mol. The Labute approximate surface area is 97.5 Å². The van der Waals surface area contributed by atoms with Crippen molar-refractivity contribution in [2.24, 2.45) is 0 Å². The summed E-state index contributed by atoms with van der Waals surface area (Å²) >= 11 is 3.26. The Hall–Kier alpha value is -1.28. The molecule has 1 nitrogen and oxygen atoms in total. The number of hydrogen-bond acceptors (Lipinski definition) is 1. The zero-order valence-electron chi connectivity index (χ0n) is 8.37. The highest BCUT2D eigenvalue weighted by molar-refractivity contribution is 9.10. The van der Waals surface area contributed by atoms with Crippen molar-refractivity contribution in [3.8, 4) is 16.9 Å². The maximum Gasteiger partial charge on any atom is 0.130 e. The predicted octanol–water partition coefficient (Wildman–Crippen LogP) is 4.13. The van der Waals surface area contributed by atoms with E-state index in [4.69, 9.17) is 0 Å². The Kier molecular flexibility index (Phi) is 2.78.